The molecular weight excluding hydrogens is 362 g/mol. The average Bonchev–Trinajstić information content (AvgIpc) is 3.13. The van der Waals surface area contributed by atoms with Crippen LogP contribution in [0.25, 0.3) is 10.9 Å². The van der Waals surface area contributed by atoms with Crippen LogP contribution >= 0.6 is 0 Å². The summed E-state index contributed by atoms with van der Waals surface area (Å²) in [5.74, 6) is 0.849. The molecule has 0 radical (unpaired) electrons. The molecule has 0 saturated carbocycles. The van der Waals surface area contributed by atoms with Crippen LogP contribution in [-0.4, -0.2) is 30.0 Å². The van der Waals surface area contributed by atoms with Crippen molar-refractivity contribution in [1.29, 1.82) is 5.26 Å². The predicted octanol–water partition coefficient (Wildman–Crippen LogP) is 4.04. The Labute approximate surface area is 169 Å². The van der Waals surface area contributed by atoms with Gasteiger partial charge in [-0.3, -0.25) is 4.79 Å². The molecule has 3 aromatic rings. The van der Waals surface area contributed by atoms with Crippen LogP contribution in [0.2, 0.25) is 0 Å². The van der Waals surface area contributed by atoms with Gasteiger partial charge in [-0.1, -0.05) is 19.9 Å². The number of hydrogen-bond acceptors (Lipinski definition) is 4. The van der Waals surface area contributed by atoms with E-state index in [4.69, 9.17) is 4.74 Å². The second kappa shape index (κ2) is 6.47. The number of fused-ring (bicyclic) bond motifs is 4. The molecule has 1 aromatic heterocycles. The topological polar surface area (TPSA) is 77.9 Å². The fourth-order valence-corrected chi connectivity index (χ4v) is 4.66. The van der Waals surface area contributed by atoms with Gasteiger partial charge in [0.05, 0.1) is 17.2 Å². The van der Waals surface area contributed by atoms with Gasteiger partial charge in [-0.25, -0.2) is 0 Å². The number of carbonyl (C=O) groups excluding carboxylic acids is 1. The van der Waals surface area contributed by atoms with Crippen LogP contribution in [-0.2, 0) is 5.41 Å². The molecule has 0 spiro atoms. The quantitative estimate of drug-likeness (QED) is 0.698. The molecule has 5 heteroatoms. The van der Waals surface area contributed by atoms with Gasteiger partial charge in [-0.15, -0.1) is 0 Å². The highest BCUT2D eigenvalue weighted by Gasteiger charge is 2.40. The zero-order valence-corrected chi connectivity index (χ0v) is 16.6. The van der Waals surface area contributed by atoms with Crippen molar-refractivity contribution in [2.75, 3.05) is 13.1 Å². The number of benzene rings is 2. The van der Waals surface area contributed by atoms with E-state index in [1.54, 1.807) is 6.07 Å². The Bertz CT molecular complexity index is 1180. The summed E-state index contributed by atoms with van der Waals surface area (Å²) < 4.78 is 6.23. The Hall–Kier alpha value is -3.10. The summed E-state index contributed by atoms with van der Waals surface area (Å²) in [6, 6.07) is 13.5. The highest BCUT2D eigenvalue weighted by molar-refractivity contribution is 6.20. The number of nitriles is 1. The van der Waals surface area contributed by atoms with Gasteiger partial charge in [0.15, 0.2) is 5.78 Å². The zero-order chi connectivity index (χ0) is 20.2. The Morgan fingerprint density at radius 3 is 2.69 bits per heavy atom. The fourth-order valence-electron chi connectivity index (χ4n) is 4.66. The number of aromatic amines is 1. The maximum Gasteiger partial charge on any atom is 0.195 e. The molecule has 0 bridgehead atoms. The predicted molar refractivity (Wildman–Crippen MR) is 112 cm³/mol. The largest absolute Gasteiger partial charge is 0.490 e. The maximum atomic E-state index is 13.4. The van der Waals surface area contributed by atoms with Crippen LogP contribution in [0.1, 0.15) is 59.4 Å². The summed E-state index contributed by atoms with van der Waals surface area (Å²) in [5, 5.41) is 13.4. The van der Waals surface area contributed by atoms with E-state index < -0.39 is 0 Å². The van der Waals surface area contributed by atoms with Gasteiger partial charge >= 0.3 is 0 Å². The van der Waals surface area contributed by atoms with Crippen molar-refractivity contribution in [3.63, 3.8) is 0 Å². The third kappa shape index (κ3) is 2.75. The third-order valence-corrected chi connectivity index (χ3v) is 6.28. The lowest BCUT2D eigenvalue weighted by atomic mass is 9.71. The highest BCUT2D eigenvalue weighted by Crippen LogP contribution is 2.44. The number of carbonyl (C=O) groups is 1. The van der Waals surface area contributed by atoms with E-state index in [2.05, 4.69) is 30.2 Å². The van der Waals surface area contributed by atoms with Gasteiger partial charge in [-0.05, 0) is 61.8 Å². The Morgan fingerprint density at radius 1 is 1.14 bits per heavy atom. The monoisotopic (exact) mass is 385 g/mol. The molecule has 0 atom stereocenters. The van der Waals surface area contributed by atoms with Crippen molar-refractivity contribution in [2.45, 2.75) is 38.2 Å². The van der Waals surface area contributed by atoms with Crippen molar-refractivity contribution < 1.29 is 9.53 Å². The molecule has 2 N–H and O–H groups in total. The Balaban J connectivity index is 1.60. The first-order valence-corrected chi connectivity index (χ1v) is 10.1. The van der Waals surface area contributed by atoms with Crippen molar-refractivity contribution >= 4 is 16.7 Å². The molecular formula is C24H23N3O2. The number of ether oxygens (including phenoxy) is 1. The van der Waals surface area contributed by atoms with E-state index >= 15 is 0 Å². The van der Waals surface area contributed by atoms with Crippen LogP contribution in [0.5, 0.6) is 5.75 Å². The number of nitrogens with one attached hydrogen (secondary N) is 2. The number of piperidine rings is 1. The molecule has 5 rings (SSSR count). The minimum absolute atomic E-state index is 0.0266. The van der Waals surface area contributed by atoms with Gasteiger partial charge in [-0.2, -0.15) is 5.26 Å². The van der Waals surface area contributed by atoms with Crippen LogP contribution in [0.15, 0.2) is 36.4 Å². The van der Waals surface area contributed by atoms with Crippen LogP contribution in [0.4, 0.5) is 0 Å². The van der Waals surface area contributed by atoms with E-state index in [-0.39, 0.29) is 17.3 Å². The molecule has 2 heterocycles. The van der Waals surface area contributed by atoms with Crippen molar-refractivity contribution in [1.82, 2.24) is 10.3 Å². The Kier molecular flexibility index (Phi) is 4.01. The normalized spacial score (nSPS) is 18.2. The van der Waals surface area contributed by atoms with E-state index in [0.29, 0.717) is 11.1 Å². The first kappa shape index (κ1) is 18.0. The fraction of sp³-hybridized carbons (Fsp3) is 0.333. The third-order valence-electron chi connectivity index (χ3n) is 6.28. The van der Waals surface area contributed by atoms with Crippen molar-refractivity contribution in [3.05, 3.63) is 64.3 Å². The summed E-state index contributed by atoms with van der Waals surface area (Å²) in [6.07, 6.45) is 2.20. The average molecular weight is 385 g/mol. The molecule has 1 fully saturated rings. The first-order valence-electron chi connectivity index (χ1n) is 10.1. The number of aromatic nitrogens is 1. The van der Waals surface area contributed by atoms with E-state index in [1.807, 2.05) is 30.3 Å². The molecule has 29 heavy (non-hydrogen) atoms. The van der Waals surface area contributed by atoms with E-state index in [1.165, 1.54) is 0 Å². The molecule has 1 aliphatic heterocycles. The number of hydrogen-bond donors (Lipinski definition) is 2. The number of nitrogens with zero attached hydrogens (tertiary/aromatic N) is 1. The number of rotatable bonds is 2. The minimum Gasteiger partial charge on any atom is -0.490 e. The molecule has 2 aliphatic rings. The van der Waals surface area contributed by atoms with E-state index in [9.17, 15) is 10.1 Å². The molecule has 2 aromatic carbocycles. The lowest BCUT2D eigenvalue weighted by Crippen LogP contribution is -2.34. The lowest BCUT2D eigenvalue weighted by Gasteiger charge is -2.33. The lowest BCUT2D eigenvalue weighted by molar-refractivity contribution is 0.103. The highest BCUT2D eigenvalue weighted by atomic mass is 16.5. The van der Waals surface area contributed by atoms with E-state index in [0.717, 1.165) is 59.4 Å². The van der Waals surface area contributed by atoms with Crippen LogP contribution in [0.3, 0.4) is 0 Å². The van der Waals surface area contributed by atoms with Crippen LogP contribution < -0.4 is 10.1 Å². The van der Waals surface area contributed by atoms with Gasteiger partial charge in [0, 0.05) is 27.6 Å². The summed E-state index contributed by atoms with van der Waals surface area (Å²) in [4.78, 5) is 16.8. The maximum absolute atomic E-state index is 13.4. The molecule has 5 nitrogen and oxygen atoms in total. The second-order valence-electron chi connectivity index (χ2n) is 8.48. The van der Waals surface area contributed by atoms with Gasteiger partial charge in [0.25, 0.3) is 0 Å². The smallest absolute Gasteiger partial charge is 0.195 e. The summed E-state index contributed by atoms with van der Waals surface area (Å²) in [7, 11) is 0. The number of H-pyrrole nitrogens is 1. The Morgan fingerprint density at radius 2 is 1.93 bits per heavy atom. The summed E-state index contributed by atoms with van der Waals surface area (Å²) in [5.41, 5.74) is 4.36. The van der Waals surface area contributed by atoms with Crippen molar-refractivity contribution in [3.8, 4) is 11.8 Å². The first-order chi connectivity index (χ1) is 14.0. The van der Waals surface area contributed by atoms with Gasteiger partial charge < -0.3 is 15.0 Å². The van der Waals surface area contributed by atoms with Gasteiger partial charge in [0.2, 0.25) is 0 Å². The molecule has 0 unspecified atom stereocenters. The number of ketones is 1. The van der Waals surface area contributed by atoms with Crippen molar-refractivity contribution in [2.24, 2.45) is 0 Å². The molecule has 146 valence electrons. The second-order valence-corrected chi connectivity index (χ2v) is 8.48. The summed E-state index contributed by atoms with van der Waals surface area (Å²) >= 11 is 0. The molecule has 1 aliphatic carbocycles. The standard InChI is InChI=1S/C24H23N3O2/c1-24(2)19-12-16(29-15-7-9-26-10-8-15)4-6-17(19)22(28)21-18-5-3-14(13-25)11-20(18)27-23(21)24/h3-6,11-12,15,26-27H,7-10H2,1-2H3. The van der Waals surface area contributed by atoms with Crippen LogP contribution in [0, 0.1) is 11.3 Å². The SMILES string of the molecule is CC1(C)c2cc(OC3CCNCC3)ccc2C(=O)c2c1[nH]c1cc(C#N)ccc21. The molecule has 0 amide bonds. The summed E-state index contributed by atoms with van der Waals surface area (Å²) in [6.45, 7) is 6.21. The zero-order valence-electron chi connectivity index (χ0n) is 16.6. The minimum atomic E-state index is -0.377. The van der Waals surface area contributed by atoms with Gasteiger partial charge in [0.1, 0.15) is 11.9 Å². The molecule has 1 saturated heterocycles.